The second-order valence-corrected chi connectivity index (χ2v) is 6.40. The minimum absolute atomic E-state index is 0.0321. The summed E-state index contributed by atoms with van der Waals surface area (Å²) in [6, 6.07) is 9.00. The molecule has 0 aliphatic heterocycles. The molecule has 5 nitrogen and oxygen atoms in total. The minimum atomic E-state index is -0.619. The molecule has 6 heteroatoms. The average Bonchev–Trinajstić information content (AvgIpc) is 2.96. The first-order valence-electron chi connectivity index (χ1n) is 7.44. The Bertz CT molecular complexity index is 770. The van der Waals surface area contributed by atoms with Crippen molar-refractivity contribution in [3.63, 3.8) is 0 Å². The first-order chi connectivity index (χ1) is 11.5. The number of ether oxygens (including phenoxy) is 2. The standard InChI is InChI=1S/C18H18N2O3S/c1-12(2)23-18(21)15(9-19)8-14-4-6-17(7-5-14)22-10-16-11-24-13(3)20-16/h4-8,11-12H,10H2,1-3H3/b15-8+. The van der Waals surface area contributed by atoms with Crippen LogP contribution in [0.5, 0.6) is 5.75 Å². The second kappa shape index (κ2) is 8.27. The van der Waals surface area contributed by atoms with Gasteiger partial charge in [0.15, 0.2) is 0 Å². The fourth-order valence-electron chi connectivity index (χ4n) is 1.87. The predicted octanol–water partition coefficient (Wildman–Crippen LogP) is 3.89. The summed E-state index contributed by atoms with van der Waals surface area (Å²) < 4.78 is 10.7. The Hall–Kier alpha value is -2.65. The molecule has 0 bridgehead atoms. The van der Waals surface area contributed by atoms with E-state index in [1.165, 1.54) is 6.08 Å². The number of rotatable bonds is 6. The molecule has 0 radical (unpaired) electrons. The molecule has 0 spiro atoms. The highest BCUT2D eigenvalue weighted by Crippen LogP contribution is 2.17. The van der Waals surface area contributed by atoms with E-state index in [-0.39, 0.29) is 11.7 Å². The molecule has 124 valence electrons. The largest absolute Gasteiger partial charge is 0.487 e. The summed E-state index contributed by atoms with van der Waals surface area (Å²) in [5.74, 6) is 0.0767. The summed E-state index contributed by atoms with van der Waals surface area (Å²) in [5.41, 5.74) is 1.59. The van der Waals surface area contributed by atoms with Crippen molar-refractivity contribution in [3.05, 3.63) is 51.5 Å². The number of aromatic nitrogens is 1. The summed E-state index contributed by atoms with van der Waals surface area (Å²) in [6.07, 6.45) is 1.23. The van der Waals surface area contributed by atoms with Crippen LogP contribution in [0.25, 0.3) is 6.08 Å². The Balaban J connectivity index is 2.01. The Labute approximate surface area is 145 Å². The van der Waals surface area contributed by atoms with E-state index in [2.05, 4.69) is 4.98 Å². The number of carbonyl (C=O) groups excluding carboxylic acids is 1. The van der Waals surface area contributed by atoms with Gasteiger partial charge in [-0.2, -0.15) is 5.26 Å². The van der Waals surface area contributed by atoms with Gasteiger partial charge in [-0.3, -0.25) is 0 Å². The summed E-state index contributed by atoms with van der Waals surface area (Å²) >= 11 is 1.58. The third-order valence-corrected chi connectivity index (χ3v) is 3.75. The van der Waals surface area contributed by atoms with Gasteiger partial charge in [-0.15, -0.1) is 11.3 Å². The van der Waals surface area contributed by atoms with Crippen LogP contribution in [-0.2, 0) is 16.1 Å². The minimum Gasteiger partial charge on any atom is -0.487 e. The lowest BCUT2D eigenvalue weighted by Gasteiger charge is -2.07. The van der Waals surface area contributed by atoms with Crippen LogP contribution < -0.4 is 4.74 Å². The van der Waals surface area contributed by atoms with Crippen molar-refractivity contribution in [1.29, 1.82) is 5.26 Å². The zero-order chi connectivity index (χ0) is 17.5. The van der Waals surface area contributed by atoms with Crippen molar-refractivity contribution in [1.82, 2.24) is 4.98 Å². The van der Waals surface area contributed by atoms with E-state index in [4.69, 9.17) is 14.7 Å². The van der Waals surface area contributed by atoms with Crippen LogP contribution in [0.1, 0.15) is 30.1 Å². The van der Waals surface area contributed by atoms with E-state index in [0.29, 0.717) is 12.4 Å². The lowest BCUT2D eigenvalue weighted by molar-refractivity contribution is -0.142. The maximum absolute atomic E-state index is 11.8. The van der Waals surface area contributed by atoms with E-state index in [9.17, 15) is 4.79 Å². The highest BCUT2D eigenvalue weighted by Gasteiger charge is 2.12. The number of benzene rings is 1. The first kappa shape index (κ1) is 17.7. The normalized spacial score (nSPS) is 11.2. The van der Waals surface area contributed by atoms with Crippen LogP contribution in [0.2, 0.25) is 0 Å². The van der Waals surface area contributed by atoms with E-state index >= 15 is 0 Å². The number of nitrogens with zero attached hydrogens (tertiary/aromatic N) is 2. The van der Waals surface area contributed by atoms with Crippen LogP contribution in [0.3, 0.4) is 0 Å². The van der Waals surface area contributed by atoms with Crippen molar-refractivity contribution in [3.8, 4) is 11.8 Å². The van der Waals surface area contributed by atoms with Crippen LogP contribution in [0, 0.1) is 18.3 Å². The van der Waals surface area contributed by atoms with Gasteiger partial charge in [-0.25, -0.2) is 9.78 Å². The third kappa shape index (κ3) is 5.21. The Morgan fingerprint density at radius 1 is 1.38 bits per heavy atom. The summed E-state index contributed by atoms with van der Waals surface area (Å²) in [5, 5.41) is 12.1. The fraction of sp³-hybridized carbons (Fsp3) is 0.278. The van der Waals surface area contributed by atoms with Crippen LogP contribution >= 0.6 is 11.3 Å². The quantitative estimate of drug-likeness (QED) is 0.452. The first-order valence-corrected chi connectivity index (χ1v) is 8.32. The molecule has 24 heavy (non-hydrogen) atoms. The fourth-order valence-corrected chi connectivity index (χ4v) is 2.47. The zero-order valence-corrected chi connectivity index (χ0v) is 14.6. The predicted molar refractivity (Wildman–Crippen MR) is 92.4 cm³/mol. The number of carbonyl (C=O) groups is 1. The van der Waals surface area contributed by atoms with Gasteiger partial charge < -0.3 is 9.47 Å². The third-order valence-electron chi connectivity index (χ3n) is 2.93. The molecule has 0 aliphatic carbocycles. The van der Waals surface area contributed by atoms with Crippen molar-refractivity contribution in [2.75, 3.05) is 0 Å². The molecule has 1 aromatic carbocycles. The summed E-state index contributed by atoms with van der Waals surface area (Å²) in [4.78, 5) is 16.1. The SMILES string of the molecule is Cc1nc(COc2ccc(/C=C(\C#N)C(=O)OC(C)C)cc2)cs1. The van der Waals surface area contributed by atoms with Gasteiger partial charge >= 0.3 is 5.97 Å². The van der Waals surface area contributed by atoms with Crippen molar-refractivity contribution in [2.45, 2.75) is 33.5 Å². The summed E-state index contributed by atoms with van der Waals surface area (Å²) in [6.45, 7) is 5.84. The molecule has 0 saturated carbocycles. The van der Waals surface area contributed by atoms with Crippen molar-refractivity contribution in [2.24, 2.45) is 0 Å². The molecule has 2 aromatic rings. The maximum atomic E-state index is 11.8. The molecule has 2 rings (SSSR count). The number of thiazole rings is 1. The number of esters is 1. The molecule has 0 unspecified atom stereocenters. The number of hydrogen-bond acceptors (Lipinski definition) is 6. The molecule has 0 fully saturated rings. The highest BCUT2D eigenvalue weighted by atomic mass is 32.1. The molecule has 0 amide bonds. The number of hydrogen-bond donors (Lipinski definition) is 0. The van der Waals surface area contributed by atoms with E-state index in [0.717, 1.165) is 16.3 Å². The molecule has 0 saturated heterocycles. The lowest BCUT2D eigenvalue weighted by atomic mass is 10.1. The molecular weight excluding hydrogens is 324 g/mol. The number of aryl methyl sites for hydroxylation is 1. The molecule has 1 heterocycles. The van der Waals surface area contributed by atoms with E-state index in [1.807, 2.05) is 18.4 Å². The zero-order valence-electron chi connectivity index (χ0n) is 13.8. The Morgan fingerprint density at radius 3 is 2.62 bits per heavy atom. The topological polar surface area (TPSA) is 72.2 Å². The van der Waals surface area contributed by atoms with Crippen molar-refractivity contribution < 1.29 is 14.3 Å². The molecule has 1 aromatic heterocycles. The van der Waals surface area contributed by atoms with Gasteiger partial charge in [-0.05, 0) is 44.5 Å². The lowest BCUT2D eigenvalue weighted by Crippen LogP contribution is -2.12. The molecule has 0 atom stereocenters. The van der Waals surface area contributed by atoms with Gasteiger partial charge in [0.05, 0.1) is 16.8 Å². The number of nitriles is 1. The van der Waals surface area contributed by atoms with Gasteiger partial charge in [0.1, 0.15) is 24.0 Å². The van der Waals surface area contributed by atoms with Crippen molar-refractivity contribution >= 4 is 23.4 Å². The average molecular weight is 342 g/mol. The summed E-state index contributed by atoms with van der Waals surface area (Å²) in [7, 11) is 0. The van der Waals surface area contributed by atoms with Crippen LogP contribution in [0.4, 0.5) is 0 Å². The monoisotopic (exact) mass is 342 g/mol. The van der Waals surface area contributed by atoms with Gasteiger partial charge in [0.25, 0.3) is 0 Å². The Morgan fingerprint density at radius 2 is 2.08 bits per heavy atom. The van der Waals surface area contributed by atoms with E-state index < -0.39 is 5.97 Å². The highest BCUT2D eigenvalue weighted by molar-refractivity contribution is 7.09. The van der Waals surface area contributed by atoms with Crippen LogP contribution in [0.15, 0.2) is 35.2 Å². The van der Waals surface area contributed by atoms with E-state index in [1.54, 1.807) is 49.4 Å². The molecular formula is C18H18N2O3S. The van der Waals surface area contributed by atoms with Crippen LogP contribution in [-0.4, -0.2) is 17.1 Å². The smallest absolute Gasteiger partial charge is 0.349 e. The second-order valence-electron chi connectivity index (χ2n) is 5.34. The van der Waals surface area contributed by atoms with Gasteiger partial charge in [0, 0.05) is 5.38 Å². The van der Waals surface area contributed by atoms with Gasteiger partial charge in [0.2, 0.25) is 0 Å². The van der Waals surface area contributed by atoms with Gasteiger partial charge in [-0.1, -0.05) is 12.1 Å². The maximum Gasteiger partial charge on any atom is 0.349 e. The molecule has 0 N–H and O–H groups in total. The molecule has 0 aliphatic rings. The Kier molecular flexibility index (Phi) is 6.10.